The first-order valence-electron chi connectivity index (χ1n) is 5.88. The number of hydrogen-bond acceptors (Lipinski definition) is 3. The van der Waals surface area contributed by atoms with Crippen molar-refractivity contribution in [3.8, 4) is 0 Å². The van der Waals surface area contributed by atoms with E-state index in [2.05, 4.69) is 10.5 Å². The number of hydrazone groups is 1. The number of pyridine rings is 1. The maximum absolute atomic E-state index is 11.6. The maximum Gasteiger partial charge on any atom is 0.260 e. The number of benzene rings is 1. The molecule has 5 nitrogen and oxygen atoms in total. The van der Waals surface area contributed by atoms with Gasteiger partial charge in [0.1, 0.15) is 6.54 Å². The first-order valence-corrected chi connectivity index (χ1v) is 6.26. The average Bonchev–Trinajstić information content (AvgIpc) is 2.41. The molecule has 20 heavy (non-hydrogen) atoms. The summed E-state index contributed by atoms with van der Waals surface area (Å²) in [7, 11) is 0. The molecule has 0 aliphatic rings. The van der Waals surface area contributed by atoms with E-state index < -0.39 is 0 Å². The van der Waals surface area contributed by atoms with E-state index in [1.54, 1.807) is 36.5 Å². The number of hydrogen-bond donors (Lipinski definition) is 1. The molecular formula is C14H12ClN3O2. The van der Waals surface area contributed by atoms with Gasteiger partial charge in [-0.15, -0.1) is 0 Å². The Bertz CT molecular complexity index is 695. The predicted octanol–water partition coefficient (Wildman–Crippen LogP) is 1.65. The summed E-state index contributed by atoms with van der Waals surface area (Å²) in [5.74, 6) is -0.378. The van der Waals surface area contributed by atoms with Gasteiger partial charge in [-0.25, -0.2) is 5.43 Å². The summed E-state index contributed by atoms with van der Waals surface area (Å²) < 4.78 is 1.30. The summed E-state index contributed by atoms with van der Waals surface area (Å²) in [4.78, 5) is 23.0. The second kappa shape index (κ2) is 6.68. The van der Waals surface area contributed by atoms with Crippen LogP contribution in [0.15, 0.2) is 58.6 Å². The molecule has 0 saturated carbocycles. The van der Waals surface area contributed by atoms with Gasteiger partial charge >= 0.3 is 0 Å². The van der Waals surface area contributed by atoms with Crippen LogP contribution in [-0.4, -0.2) is 16.7 Å². The molecule has 0 bridgehead atoms. The second-order valence-corrected chi connectivity index (χ2v) is 4.45. The van der Waals surface area contributed by atoms with Gasteiger partial charge in [-0.3, -0.25) is 9.59 Å². The van der Waals surface area contributed by atoms with Gasteiger partial charge in [0.15, 0.2) is 0 Å². The lowest BCUT2D eigenvalue weighted by molar-refractivity contribution is -0.121. The molecule has 0 unspecified atom stereocenters. The van der Waals surface area contributed by atoms with Gasteiger partial charge < -0.3 is 4.57 Å². The van der Waals surface area contributed by atoms with Crippen molar-refractivity contribution in [1.29, 1.82) is 0 Å². The predicted molar refractivity (Wildman–Crippen MR) is 77.9 cm³/mol. The fourth-order valence-electron chi connectivity index (χ4n) is 1.55. The third-order valence-electron chi connectivity index (χ3n) is 2.46. The van der Waals surface area contributed by atoms with Crippen LogP contribution < -0.4 is 11.0 Å². The van der Waals surface area contributed by atoms with Crippen LogP contribution in [0.1, 0.15) is 5.56 Å². The summed E-state index contributed by atoms with van der Waals surface area (Å²) >= 11 is 5.82. The van der Waals surface area contributed by atoms with Crippen LogP contribution in [0.3, 0.4) is 0 Å². The van der Waals surface area contributed by atoms with Crippen molar-refractivity contribution in [2.45, 2.75) is 6.54 Å². The Kier molecular flexibility index (Phi) is 4.68. The van der Waals surface area contributed by atoms with Crippen LogP contribution >= 0.6 is 11.6 Å². The number of carbonyl (C=O) groups excluding carboxylic acids is 1. The first-order chi connectivity index (χ1) is 9.65. The molecule has 0 radical (unpaired) electrons. The third kappa shape index (κ3) is 4.07. The van der Waals surface area contributed by atoms with Crippen LogP contribution in [0, 0.1) is 0 Å². The van der Waals surface area contributed by atoms with E-state index in [0.717, 1.165) is 5.56 Å². The first kappa shape index (κ1) is 14.0. The molecule has 0 aliphatic heterocycles. The molecule has 1 aromatic heterocycles. The van der Waals surface area contributed by atoms with Crippen molar-refractivity contribution in [3.63, 3.8) is 0 Å². The number of carbonyl (C=O) groups is 1. The minimum absolute atomic E-state index is 0.0768. The molecule has 0 atom stereocenters. The summed E-state index contributed by atoms with van der Waals surface area (Å²) in [5.41, 5.74) is 2.89. The second-order valence-electron chi connectivity index (χ2n) is 4.01. The molecule has 0 fully saturated rings. The Morgan fingerprint density at radius 3 is 2.90 bits per heavy atom. The largest absolute Gasteiger partial charge is 0.306 e. The molecule has 6 heteroatoms. The zero-order valence-corrected chi connectivity index (χ0v) is 11.2. The molecule has 102 valence electrons. The highest BCUT2D eigenvalue weighted by atomic mass is 35.5. The van der Waals surface area contributed by atoms with Gasteiger partial charge in [0, 0.05) is 17.3 Å². The average molecular weight is 290 g/mol. The number of rotatable bonds is 4. The maximum atomic E-state index is 11.6. The summed E-state index contributed by atoms with van der Waals surface area (Å²) in [6.45, 7) is -0.0768. The molecular weight excluding hydrogens is 278 g/mol. The van der Waals surface area contributed by atoms with Crippen molar-refractivity contribution in [2.24, 2.45) is 5.10 Å². The Morgan fingerprint density at radius 2 is 2.15 bits per heavy atom. The van der Waals surface area contributed by atoms with Crippen LogP contribution in [0.5, 0.6) is 0 Å². The minimum atomic E-state index is -0.378. The lowest BCUT2D eigenvalue weighted by Crippen LogP contribution is -2.28. The zero-order chi connectivity index (χ0) is 14.4. The van der Waals surface area contributed by atoms with Gasteiger partial charge in [-0.2, -0.15) is 5.10 Å². The number of halogens is 1. The molecule has 1 amide bonds. The number of nitrogens with one attached hydrogen (secondary N) is 1. The molecule has 2 rings (SSSR count). The molecule has 0 aliphatic carbocycles. The quantitative estimate of drug-likeness (QED) is 0.687. The summed E-state index contributed by atoms with van der Waals surface area (Å²) in [5, 5.41) is 4.40. The van der Waals surface area contributed by atoms with E-state index in [9.17, 15) is 9.59 Å². The Hall–Kier alpha value is -2.40. The molecule has 1 aromatic carbocycles. The molecule has 0 spiro atoms. The standard InChI is InChI=1S/C14H12ClN3O2/c15-12-5-3-4-11(8-12)9-16-17-13(19)10-18-7-2-1-6-14(18)20/h1-9H,10H2,(H,17,19)/b16-9-. The van der Waals surface area contributed by atoms with E-state index in [0.29, 0.717) is 5.02 Å². The van der Waals surface area contributed by atoms with E-state index in [-0.39, 0.29) is 18.0 Å². The fourth-order valence-corrected chi connectivity index (χ4v) is 1.75. The normalized spacial score (nSPS) is 10.7. The molecule has 0 saturated heterocycles. The van der Waals surface area contributed by atoms with Crippen molar-refractivity contribution in [1.82, 2.24) is 9.99 Å². The smallest absolute Gasteiger partial charge is 0.260 e. The number of nitrogens with zero attached hydrogens (tertiary/aromatic N) is 2. The molecule has 2 aromatic rings. The Labute approximate surface area is 120 Å². The fraction of sp³-hybridized carbons (Fsp3) is 0.0714. The molecule has 1 N–H and O–H groups in total. The molecule has 1 heterocycles. The summed E-state index contributed by atoms with van der Waals surface area (Å²) in [6, 6.07) is 11.8. The topological polar surface area (TPSA) is 63.5 Å². The van der Waals surface area contributed by atoms with E-state index in [1.807, 2.05) is 6.07 Å². The zero-order valence-electron chi connectivity index (χ0n) is 10.5. The third-order valence-corrected chi connectivity index (χ3v) is 2.70. The SMILES string of the molecule is O=C(Cn1ccccc1=O)N/N=C\c1cccc(Cl)c1. The van der Waals surface area contributed by atoms with Gasteiger partial charge in [0.25, 0.3) is 11.5 Å². The lowest BCUT2D eigenvalue weighted by atomic mass is 10.2. The van der Waals surface area contributed by atoms with E-state index >= 15 is 0 Å². The monoisotopic (exact) mass is 289 g/mol. The Morgan fingerprint density at radius 1 is 1.30 bits per heavy atom. The number of aromatic nitrogens is 1. The van der Waals surface area contributed by atoms with Gasteiger partial charge in [0.2, 0.25) is 0 Å². The lowest BCUT2D eigenvalue weighted by Gasteiger charge is -2.03. The highest BCUT2D eigenvalue weighted by Crippen LogP contribution is 2.08. The van der Waals surface area contributed by atoms with Gasteiger partial charge in [-0.05, 0) is 23.8 Å². The van der Waals surface area contributed by atoms with Crippen LogP contribution in [0.25, 0.3) is 0 Å². The van der Waals surface area contributed by atoms with Gasteiger partial charge in [-0.1, -0.05) is 29.8 Å². The highest BCUT2D eigenvalue weighted by molar-refractivity contribution is 6.30. The van der Waals surface area contributed by atoms with Crippen molar-refractivity contribution < 1.29 is 4.79 Å². The number of amides is 1. The van der Waals surface area contributed by atoms with Crippen molar-refractivity contribution in [3.05, 3.63) is 69.6 Å². The minimum Gasteiger partial charge on any atom is -0.306 e. The van der Waals surface area contributed by atoms with E-state index in [4.69, 9.17) is 11.6 Å². The highest BCUT2D eigenvalue weighted by Gasteiger charge is 2.01. The Balaban J connectivity index is 1.93. The van der Waals surface area contributed by atoms with Crippen molar-refractivity contribution >= 4 is 23.7 Å². The van der Waals surface area contributed by atoms with Crippen LogP contribution in [-0.2, 0) is 11.3 Å². The van der Waals surface area contributed by atoms with E-state index in [1.165, 1.54) is 16.8 Å². The van der Waals surface area contributed by atoms with Crippen LogP contribution in [0.4, 0.5) is 0 Å². The summed E-state index contributed by atoms with van der Waals surface area (Å²) in [6.07, 6.45) is 3.03. The van der Waals surface area contributed by atoms with Crippen molar-refractivity contribution in [2.75, 3.05) is 0 Å². The van der Waals surface area contributed by atoms with Gasteiger partial charge in [0.05, 0.1) is 6.21 Å². The van der Waals surface area contributed by atoms with Crippen LogP contribution in [0.2, 0.25) is 5.02 Å².